The highest BCUT2D eigenvalue weighted by atomic mass is 16.5. The number of fused-ring (bicyclic) bond motifs is 1. The van der Waals surface area contributed by atoms with E-state index in [0.717, 1.165) is 5.56 Å². The van der Waals surface area contributed by atoms with Gasteiger partial charge in [-0.15, -0.1) is 0 Å². The van der Waals surface area contributed by atoms with Crippen molar-refractivity contribution in [3.63, 3.8) is 0 Å². The number of hydrogen-bond acceptors (Lipinski definition) is 5. The molecule has 0 saturated carbocycles. The summed E-state index contributed by atoms with van der Waals surface area (Å²) in [6, 6.07) is 5.04. The summed E-state index contributed by atoms with van der Waals surface area (Å²) in [5.41, 5.74) is 6.99. The maximum absolute atomic E-state index is 12.1. The molecule has 9 heteroatoms. The van der Waals surface area contributed by atoms with E-state index in [0.29, 0.717) is 30.8 Å². The second kappa shape index (κ2) is 8.13. The summed E-state index contributed by atoms with van der Waals surface area (Å²) < 4.78 is 4.60. The fourth-order valence-corrected chi connectivity index (χ4v) is 2.53. The number of carbonyl (C=O) groups excluding carboxylic acids is 3. The van der Waals surface area contributed by atoms with Gasteiger partial charge in [-0.25, -0.2) is 0 Å². The van der Waals surface area contributed by atoms with Gasteiger partial charge in [-0.05, 0) is 24.1 Å². The van der Waals surface area contributed by atoms with E-state index in [1.165, 1.54) is 7.11 Å². The van der Waals surface area contributed by atoms with Crippen LogP contribution in [-0.2, 0) is 20.7 Å². The predicted octanol–water partition coefficient (Wildman–Crippen LogP) is -0.427. The van der Waals surface area contributed by atoms with Crippen LogP contribution in [0.15, 0.2) is 18.2 Å². The molecule has 1 atom stereocenters. The number of guanidine groups is 1. The summed E-state index contributed by atoms with van der Waals surface area (Å²) in [7, 11) is 1.29. The number of nitrogens with two attached hydrogens (primary N) is 1. The van der Waals surface area contributed by atoms with Gasteiger partial charge >= 0.3 is 5.97 Å². The number of amides is 2. The fourth-order valence-electron chi connectivity index (χ4n) is 2.53. The first-order chi connectivity index (χ1) is 11.9. The molecule has 2 rings (SSSR count). The average molecular weight is 347 g/mol. The lowest BCUT2D eigenvalue weighted by Gasteiger charge is -2.24. The molecule has 0 fully saturated rings. The Morgan fingerprint density at radius 1 is 1.36 bits per heavy atom. The molecule has 0 bridgehead atoms. The molecular formula is C16H21N5O4. The minimum atomic E-state index is -0.475. The van der Waals surface area contributed by atoms with Crippen LogP contribution in [0.1, 0.15) is 22.3 Å². The lowest BCUT2D eigenvalue weighted by Crippen LogP contribution is -2.37. The number of methoxy groups -OCH3 is 1. The zero-order valence-corrected chi connectivity index (χ0v) is 13.8. The van der Waals surface area contributed by atoms with Crippen molar-refractivity contribution < 1.29 is 19.1 Å². The topological polar surface area (TPSA) is 146 Å². The smallest absolute Gasteiger partial charge is 0.306 e. The Labute approximate surface area is 144 Å². The molecule has 0 spiro atoms. The maximum Gasteiger partial charge on any atom is 0.306 e. The summed E-state index contributed by atoms with van der Waals surface area (Å²) in [5, 5.41) is 15.0. The van der Waals surface area contributed by atoms with Crippen LogP contribution < -0.4 is 21.7 Å². The normalized spacial score (nSPS) is 15.6. The Bertz CT molecular complexity index is 704. The van der Waals surface area contributed by atoms with Gasteiger partial charge in [-0.3, -0.25) is 19.8 Å². The van der Waals surface area contributed by atoms with Crippen molar-refractivity contribution in [2.75, 3.05) is 25.5 Å². The number of carbonyl (C=O) groups is 3. The minimum absolute atomic E-state index is 0.0210. The van der Waals surface area contributed by atoms with E-state index in [4.69, 9.17) is 11.1 Å². The SMILES string of the molecule is COC(=O)CC1Cc2ccc(C(=O)NCCNC(=N)N)cc2NC1=O. The fraction of sp³-hybridized carbons (Fsp3) is 0.375. The van der Waals surface area contributed by atoms with Crippen molar-refractivity contribution in [2.24, 2.45) is 11.7 Å². The average Bonchev–Trinajstić information content (AvgIpc) is 2.58. The molecule has 0 radical (unpaired) electrons. The van der Waals surface area contributed by atoms with Gasteiger partial charge in [0, 0.05) is 24.3 Å². The van der Waals surface area contributed by atoms with E-state index in [2.05, 4.69) is 20.7 Å². The zero-order chi connectivity index (χ0) is 18.4. The summed E-state index contributed by atoms with van der Waals surface area (Å²) in [6.07, 6.45) is 0.438. The molecule has 1 aromatic rings. The molecule has 6 N–H and O–H groups in total. The van der Waals surface area contributed by atoms with E-state index >= 15 is 0 Å². The summed E-state index contributed by atoms with van der Waals surface area (Å²) >= 11 is 0. The molecule has 1 unspecified atom stereocenters. The first kappa shape index (κ1) is 18.2. The third-order valence-electron chi connectivity index (χ3n) is 3.83. The van der Waals surface area contributed by atoms with Crippen molar-refractivity contribution in [3.8, 4) is 0 Å². The van der Waals surface area contributed by atoms with Crippen molar-refractivity contribution in [1.29, 1.82) is 5.41 Å². The highest BCUT2D eigenvalue weighted by molar-refractivity contribution is 6.00. The van der Waals surface area contributed by atoms with Gasteiger partial charge in [0.05, 0.1) is 19.4 Å². The van der Waals surface area contributed by atoms with Crippen LogP contribution in [0.4, 0.5) is 5.69 Å². The largest absolute Gasteiger partial charge is 0.469 e. The molecular weight excluding hydrogens is 326 g/mol. The van der Waals surface area contributed by atoms with Crippen LogP contribution in [-0.4, -0.2) is 43.9 Å². The third kappa shape index (κ3) is 4.93. The molecule has 2 amide bonds. The number of hydrogen-bond donors (Lipinski definition) is 5. The molecule has 0 aromatic heterocycles. The summed E-state index contributed by atoms with van der Waals surface area (Å²) in [4.78, 5) is 35.6. The first-order valence-electron chi connectivity index (χ1n) is 7.77. The standard InChI is InChI=1S/C16H21N5O4/c1-25-13(22)8-11-6-9-2-3-10(7-12(9)21-15(11)24)14(23)19-4-5-20-16(17)18/h2-3,7,11H,4-6,8H2,1H3,(H,19,23)(H,21,24)(H4,17,18,20). The summed E-state index contributed by atoms with van der Waals surface area (Å²) in [6.45, 7) is 0.654. The van der Waals surface area contributed by atoms with Crippen molar-refractivity contribution in [3.05, 3.63) is 29.3 Å². The number of rotatable bonds is 6. The van der Waals surface area contributed by atoms with Crippen LogP contribution in [0.3, 0.4) is 0 Å². The van der Waals surface area contributed by atoms with Crippen LogP contribution in [0.5, 0.6) is 0 Å². The lowest BCUT2D eigenvalue weighted by molar-refractivity contribution is -0.143. The maximum atomic E-state index is 12.1. The Hall–Kier alpha value is -3.10. The van der Waals surface area contributed by atoms with Gasteiger partial charge in [0.15, 0.2) is 5.96 Å². The van der Waals surface area contributed by atoms with Crippen molar-refractivity contribution >= 4 is 29.4 Å². The van der Waals surface area contributed by atoms with Gasteiger partial charge in [0.2, 0.25) is 5.91 Å². The third-order valence-corrected chi connectivity index (χ3v) is 3.83. The lowest BCUT2D eigenvalue weighted by atomic mass is 9.90. The van der Waals surface area contributed by atoms with Crippen molar-refractivity contribution in [2.45, 2.75) is 12.8 Å². The number of anilines is 1. The second-order valence-corrected chi connectivity index (χ2v) is 5.64. The van der Waals surface area contributed by atoms with E-state index in [-0.39, 0.29) is 24.2 Å². The number of nitrogens with one attached hydrogen (secondary N) is 4. The van der Waals surface area contributed by atoms with Gasteiger partial charge in [-0.1, -0.05) is 6.07 Å². The molecule has 134 valence electrons. The number of ether oxygens (including phenoxy) is 1. The first-order valence-corrected chi connectivity index (χ1v) is 7.77. The van der Waals surface area contributed by atoms with E-state index in [9.17, 15) is 14.4 Å². The molecule has 1 aromatic carbocycles. The predicted molar refractivity (Wildman–Crippen MR) is 91.1 cm³/mol. The van der Waals surface area contributed by atoms with Crippen LogP contribution in [0, 0.1) is 11.3 Å². The van der Waals surface area contributed by atoms with E-state index in [1.807, 2.05) is 0 Å². The van der Waals surface area contributed by atoms with Gasteiger partial charge in [0.1, 0.15) is 0 Å². The molecule has 0 aliphatic carbocycles. The van der Waals surface area contributed by atoms with E-state index < -0.39 is 11.9 Å². The van der Waals surface area contributed by atoms with Crippen molar-refractivity contribution in [1.82, 2.24) is 10.6 Å². The minimum Gasteiger partial charge on any atom is -0.469 e. The molecule has 0 saturated heterocycles. The van der Waals surface area contributed by atoms with Crippen LogP contribution >= 0.6 is 0 Å². The van der Waals surface area contributed by atoms with Crippen LogP contribution in [0.25, 0.3) is 0 Å². The Kier molecular flexibility index (Phi) is 5.93. The second-order valence-electron chi connectivity index (χ2n) is 5.64. The quantitative estimate of drug-likeness (QED) is 0.204. The monoisotopic (exact) mass is 347 g/mol. The molecule has 25 heavy (non-hydrogen) atoms. The summed E-state index contributed by atoms with van der Waals surface area (Å²) in [5.74, 6) is -1.62. The van der Waals surface area contributed by atoms with Gasteiger partial charge in [-0.2, -0.15) is 0 Å². The highest BCUT2D eigenvalue weighted by Gasteiger charge is 2.28. The van der Waals surface area contributed by atoms with E-state index in [1.54, 1.807) is 18.2 Å². The highest BCUT2D eigenvalue weighted by Crippen LogP contribution is 2.28. The van der Waals surface area contributed by atoms with Crippen LogP contribution in [0.2, 0.25) is 0 Å². The molecule has 1 heterocycles. The Morgan fingerprint density at radius 2 is 2.08 bits per heavy atom. The Morgan fingerprint density at radius 3 is 2.76 bits per heavy atom. The van der Waals surface area contributed by atoms with Gasteiger partial charge in [0.25, 0.3) is 5.91 Å². The number of esters is 1. The molecule has 1 aliphatic rings. The molecule has 9 nitrogen and oxygen atoms in total. The molecule has 1 aliphatic heterocycles. The number of benzene rings is 1. The zero-order valence-electron chi connectivity index (χ0n) is 13.8. The Balaban J connectivity index is 1.99. The van der Waals surface area contributed by atoms with Gasteiger partial charge < -0.3 is 26.4 Å².